The molecule has 5 nitrogen and oxygen atoms in total. The number of carboxylic acids is 1. The van der Waals surface area contributed by atoms with Crippen molar-refractivity contribution in [2.24, 2.45) is 0 Å². The van der Waals surface area contributed by atoms with Crippen LogP contribution in [0.4, 0.5) is 11.4 Å². The minimum Gasteiger partial charge on any atom is -0.478 e. The molecule has 0 bridgehead atoms. The van der Waals surface area contributed by atoms with E-state index in [9.17, 15) is 9.59 Å². The quantitative estimate of drug-likeness (QED) is 0.841. The second-order valence-electron chi connectivity index (χ2n) is 6.59. The molecule has 0 aliphatic carbocycles. The van der Waals surface area contributed by atoms with Crippen LogP contribution in [0.2, 0.25) is 0 Å². The van der Waals surface area contributed by atoms with E-state index in [0.29, 0.717) is 0 Å². The van der Waals surface area contributed by atoms with Gasteiger partial charge in [-0.1, -0.05) is 6.92 Å². The summed E-state index contributed by atoms with van der Waals surface area (Å²) in [7, 11) is 0. The summed E-state index contributed by atoms with van der Waals surface area (Å²) in [5, 5.41) is 12.3. The van der Waals surface area contributed by atoms with Crippen LogP contribution in [0.15, 0.2) is 42.5 Å². The van der Waals surface area contributed by atoms with Crippen molar-refractivity contribution in [3.63, 3.8) is 0 Å². The number of hydrogen-bond donors (Lipinski definition) is 2. The summed E-state index contributed by atoms with van der Waals surface area (Å²) in [4.78, 5) is 25.6. The Bertz CT molecular complexity index is 793. The van der Waals surface area contributed by atoms with E-state index in [-0.39, 0.29) is 11.5 Å². The lowest BCUT2D eigenvalue weighted by Gasteiger charge is -2.27. The molecule has 3 rings (SSSR count). The molecular weight excluding hydrogens is 328 g/mol. The molecule has 0 spiro atoms. The maximum atomic E-state index is 12.7. The Labute approximate surface area is 153 Å². The molecule has 2 aromatic rings. The van der Waals surface area contributed by atoms with Crippen molar-refractivity contribution in [2.75, 3.05) is 18.4 Å². The summed E-state index contributed by atoms with van der Waals surface area (Å²) in [6.45, 7) is 3.75. The van der Waals surface area contributed by atoms with Crippen molar-refractivity contribution < 1.29 is 14.7 Å². The summed E-state index contributed by atoms with van der Waals surface area (Å²) in [5.74, 6) is -0.830. The van der Waals surface area contributed by atoms with E-state index in [1.165, 1.54) is 6.42 Å². The van der Waals surface area contributed by atoms with Gasteiger partial charge in [0.25, 0.3) is 5.91 Å². The Hall–Kier alpha value is -2.82. The highest BCUT2D eigenvalue weighted by Gasteiger charge is 2.19. The third kappa shape index (κ3) is 4.04. The summed E-state index contributed by atoms with van der Waals surface area (Å²) >= 11 is 0. The number of amides is 1. The van der Waals surface area contributed by atoms with E-state index in [2.05, 4.69) is 12.2 Å². The normalized spacial score (nSPS) is 14.1. The van der Waals surface area contributed by atoms with Crippen molar-refractivity contribution in [1.82, 2.24) is 4.90 Å². The molecule has 1 aliphatic rings. The lowest BCUT2D eigenvalue weighted by atomic mass is 10.0. The highest BCUT2D eigenvalue weighted by atomic mass is 16.4. The van der Waals surface area contributed by atoms with Crippen LogP contribution < -0.4 is 5.32 Å². The van der Waals surface area contributed by atoms with E-state index in [1.54, 1.807) is 24.3 Å². The molecular formula is C21H24N2O3. The van der Waals surface area contributed by atoms with Crippen LogP contribution in [0.3, 0.4) is 0 Å². The van der Waals surface area contributed by atoms with Crippen LogP contribution in [-0.4, -0.2) is 35.0 Å². The number of carbonyl (C=O) groups is 2. The summed E-state index contributed by atoms with van der Waals surface area (Å²) in [6, 6.07) is 12.4. The number of carboxylic acid groups (broad SMARTS) is 1. The fraction of sp³-hybridized carbons (Fsp3) is 0.333. The van der Waals surface area contributed by atoms with Crippen molar-refractivity contribution in [3.05, 3.63) is 59.2 Å². The van der Waals surface area contributed by atoms with Crippen LogP contribution in [0.25, 0.3) is 0 Å². The van der Waals surface area contributed by atoms with Crippen molar-refractivity contribution >= 4 is 23.3 Å². The fourth-order valence-corrected chi connectivity index (χ4v) is 3.27. The highest BCUT2D eigenvalue weighted by molar-refractivity contribution is 5.95. The number of nitrogens with one attached hydrogen (secondary N) is 1. The Kier molecular flexibility index (Phi) is 5.56. The average Bonchev–Trinajstić information content (AvgIpc) is 2.69. The van der Waals surface area contributed by atoms with Crippen LogP contribution in [0, 0.1) is 0 Å². The largest absolute Gasteiger partial charge is 0.478 e. The zero-order valence-electron chi connectivity index (χ0n) is 15.0. The number of aryl methyl sites for hydroxylation is 1. The number of likely N-dealkylation sites (tertiary alicyclic amines) is 1. The van der Waals surface area contributed by atoms with Crippen molar-refractivity contribution in [1.29, 1.82) is 0 Å². The number of carbonyl (C=O) groups excluding carboxylic acids is 1. The Morgan fingerprint density at radius 1 is 1.00 bits per heavy atom. The van der Waals surface area contributed by atoms with Gasteiger partial charge in [0.05, 0.1) is 5.56 Å². The van der Waals surface area contributed by atoms with Gasteiger partial charge in [0, 0.05) is 30.0 Å². The standard InChI is InChI=1S/C21H24N2O3/c1-2-15-14-17(20(24)23-12-4-3-5-13-23)8-11-19(15)22-18-9-6-16(7-10-18)21(25)26/h6-11,14,22H,2-5,12-13H2,1H3,(H,25,26). The van der Waals surface area contributed by atoms with Crippen molar-refractivity contribution in [2.45, 2.75) is 32.6 Å². The summed E-state index contributed by atoms with van der Waals surface area (Å²) in [6.07, 6.45) is 4.17. The van der Waals surface area contributed by atoms with Gasteiger partial charge in [-0.05, 0) is 73.7 Å². The first-order valence-electron chi connectivity index (χ1n) is 9.11. The molecule has 0 atom stereocenters. The maximum Gasteiger partial charge on any atom is 0.335 e. The molecule has 1 heterocycles. The second-order valence-corrected chi connectivity index (χ2v) is 6.59. The molecule has 1 saturated heterocycles. The third-order valence-corrected chi connectivity index (χ3v) is 4.79. The topological polar surface area (TPSA) is 69.6 Å². The number of nitrogens with zero attached hydrogens (tertiary/aromatic N) is 1. The number of piperidine rings is 1. The van der Waals surface area contributed by atoms with E-state index < -0.39 is 5.97 Å². The predicted octanol–water partition coefficient (Wildman–Crippen LogP) is 4.32. The first-order valence-corrected chi connectivity index (χ1v) is 9.11. The molecule has 2 N–H and O–H groups in total. The molecule has 0 saturated carbocycles. The van der Waals surface area contributed by atoms with Gasteiger partial charge in [0.1, 0.15) is 0 Å². The smallest absolute Gasteiger partial charge is 0.335 e. The van der Waals surface area contributed by atoms with Gasteiger partial charge in [0.15, 0.2) is 0 Å². The average molecular weight is 352 g/mol. The maximum absolute atomic E-state index is 12.7. The fourth-order valence-electron chi connectivity index (χ4n) is 3.27. The van der Waals surface area contributed by atoms with Crippen molar-refractivity contribution in [3.8, 4) is 0 Å². The number of benzene rings is 2. The van der Waals surface area contributed by atoms with Gasteiger partial charge in [-0.2, -0.15) is 0 Å². The minimum atomic E-state index is -0.939. The van der Waals surface area contributed by atoms with Gasteiger partial charge >= 0.3 is 5.97 Å². The molecule has 136 valence electrons. The Balaban J connectivity index is 1.77. The van der Waals surface area contributed by atoms with Crippen LogP contribution in [0.5, 0.6) is 0 Å². The summed E-state index contributed by atoms with van der Waals surface area (Å²) < 4.78 is 0. The highest BCUT2D eigenvalue weighted by Crippen LogP contribution is 2.24. The first kappa shape index (κ1) is 18.0. The summed E-state index contributed by atoms with van der Waals surface area (Å²) in [5.41, 5.74) is 3.81. The van der Waals surface area contributed by atoms with Gasteiger partial charge in [-0.25, -0.2) is 4.79 Å². The molecule has 1 fully saturated rings. The van der Waals surface area contributed by atoms with E-state index >= 15 is 0 Å². The zero-order chi connectivity index (χ0) is 18.5. The lowest BCUT2D eigenvalue weighted by molar-refractivity contribution is 0.0694. The van der Waals surface area contributed by atoms with E-state index in [1.807, 2.05) is 23.1 Å². The molecule has 0 unspecified atom stereocenters. The first-order chi connectivity index (χ1) is 12.6. The monoisotopic (exact) mass is 352 g/mol. The van der Waals surface area contributed by atoms with Crippen LogP contribution in [0.1, 0.15) is 52.5 Å². The number of anilines is 2. The number of rotatable bonds is 5. The lowest BCUT2D eigenvalue weighted by Crippen LogP contribution is -2.35. The van der Waals surface area contributed by atoms with E-state index in [4.69, 9.17) is 5.11 Å². The van der Waals surface area contributed by atoms with Gasteiger partial charge in [-0.15, -0.1) is 0 Å². The van der Waals surface area contributed by atoms with Gasteiger partial charge in [-0.3, -0.25) is 4.79 Å². The molecule has 5 heteroatoms. The minimum absolute atomic E-state index is 0.108. The van der Waals surface area contributed by atoms with Gasteiger partial charge < -0.3 is 15.3 Å². The zero-order valence-corrected chi connectivity index (χ0v) is 15.0. The Morgan fingerprint density at radius 2 is 1.65 bits per heavy atom. The third-order valence-electron chi connectivity index (χ3n) is 4.79. The molecule has 0 aromatic heterocycles. The number of aromatic carboxylic acids is 1. The number of hydrogen-bond acceptors (Lipinski definition) is 3. The SMILES string of the molecule is CCc1cc(C(=O)N2CCCCC2)ccc1Nc1ccc(C(=O)O)cc1. The van der Waals surface area contributed by atoms with Crippen LogP contribution >= 0.6 is 0 Å². The predicted molar refractivity (Wildman–Crippen MR) is 102 cm³/mol. The van der Waals surface area contributed by atoms with Crippen LogP contribution in [-0.2, 0) is 6.42 Å². The molecule has 0 radical (unpaired) electrons. The molecule has 2 aromatic carbocycles. The van der Waals surface area contributed by atoms with E-state index in [0.717, 1.165) is 54.9 Å². The van der Waals surface area contributed by atoms with Gasteiger partial charge in [0.2, 0.25) is 0 Å². The Morgan fingerprint density at radius 3 is 2.27 bits per heavy atom. The molecule has 26 heavy (non-hydrogen) atoms. The second kappa shape index (κ2) is 8.04. The molecule has 1 amide bonds. The molecule has 1 aliphatic heterocycles.